The zero-order valence-electron chi connectivity index (χ0n) is 11.3. The Morgan fingerprint density at radius 3 is 2.74 bits per heavy atom. The fraction of sp³-hybridized carbons (Fsp3) is 0.500. The Kier molecular flexibility index (Phi) is 4.82. The Hall–Kier alpha value is -1.07. The molecule has 1 fully saturated rings. The van der Waals surface area contributed by atoms with Crippen molar-refractivity contribution in [3.63, 3.8) is 0 Å². The van der Waals surface area contributed by atoms with Crippen LogP contribution in [0.4, 0.5) is 4.39 Å². The van der Waals surface area contributed by atoms with Gasteiger partial charge in [0.1, 0.15) is 5.82 Å². The summed E-state index contributed by atoms with van der Waals surface area (Å²) in [5.41, 5.74) is 2.18. The van der Waals surface area contributed by atoms with Crippen molar-refractivity contribution < 1.29 is 9.18 Å². The number of carbonyl (C=O) groups excluding carboxylic acids is 1. The lowest BCUT2D eigenvalue weighted by Gasteiger charge is -2.22. The third-order valence-corrected chi connectivity index (χ3v) is 4.26. The number of thioether (sulfide) groups is 1. The van der Waals surface area contributed by atoms with Gasteiger partial charge in [-0.3, -0.25) is 4.79 Å². The van der Waals surface area contributed by atoms with Crippen LogP contribution in [0, 0.1) is 19.7 Å². The first-order chi connectivity index (χ1) is 9.08. The second-order valence-corrected chi connectivity index (χ2v) is 5.99. The quantitative estimate of drug-likeness (QED) is 0.887. The molecule has 0 bridgehead atoms. The van der Waals surface area contributed by atoms with E-state index in [4.69, 9.17) is 0 Å². The SMILES string of the molecule is Cc1cc(CNC(=O)C2CSCCN2)cc(C)c1F. The van der Waals surface area contributed by atoms with Crippen molar-refractivity contribution in [3.05, 3.63) is 34.6 Å². The van der Waals surface area contributed by atoms with Gasteiger partial charge in [0.15, 0.2) is 0 Å². The predicted molar refractivity (Wildman–Crippen MR) is 76.8 cm³/mol. The number of carbonyl (C=O) groups is 1. The molecule has 0 radical (unpaired) electrons. The molecule has 1 saturated heterocycles. The van der Waals surface area contributed by atoms with Crippen molar-refractivity contribution >= 4 is 17.7 Å². The minimum atomic E-state index is -0.166. The second-order valence-electron chi connectivity index (χ2n) is 4.84. The van der Waals surface area contributed by atoms with E-state index in [1.807, 2.05) is 0 Å². The van der Waals surface area contributed by atoms with Gasteiger partial charge in [-0.1, -0.05) is 12.1 Å². The highest BCUT2D eigenvalue weighted by molar-refractivity contribution is 7.99. The van der Waals surface area contributed by atoms with Gasteiger partial charge < -0.3 is 10.6 Å². The average Bonchev–Trinajstić information content (AvgIpc) is 2.43. The van der Waals surface area contributed by atoms with E-state index in [1.54, 1.807) is 37.7 Å². The first-order valence-electron chi connectivity index (χ1n) is 6.42. The summed E-state index contributed by atoms with van der Waals surface area (Å²) in [6, 6.07) is 3.46. The molecule has 0 aliphatic carbocycles. The second kappa shape index (κ2) is 6.39. The van der Waals surface area contributed by atoms with Crippen LogP contribution >= 0.6 is 11.8 Å². The summed E-state index contributed by atoms with van der Waals surface area (Å²) < 4.78 is 13.5. The van der Waals surface area contributed by atoms with Crippen LogP contribution in [0.15, 0.2) is 12.1 Å². The summed E-state index contributed by atoms with van der Waals surface area (Å²) in [5.74, 6) is 1.72. The number of halogens is 1. The molecule has 1 aromatic carbocycles. The zero-order valence-corrected chi connectivity index (χ0v) is 12.1. The lowest BCUT2D eigenvalue weighted by molar-refractivity contribution is -0.122. The highest BCUT2D eigenvalue weighted by Gasteiger charge is 2.20. The lowest BCUT2D eigenvalue weighted by atomic mass is 10.1. The van der Waals surface area contributed by atoms with Gasteiger partial charge in [0, 0.05) is 24.6 Å². The number of aryl methyl sites for hydroxylation is 2. The largest absolute Gasteiger partial charge is 0.351 e. The van der Waals surface area contributed by atoms with E-state index in [0.29, 0.717) is 17.7 Å². The number of benzene rings is 1. The number of rotatable bonds is 3. The van der Waals surface area contributed by atoms with Gasteiger partial charge in [0.25, 0.3) is 0 Å². The lowest BCUT2D eigenvalue weighted by Crippen LogP contribution is -2.48. The molecule has 2 N–H and O–H groups in total. The molecule has 0 saturated carbocycles. The van der Waals surface area contributed by atoms with Gasteiger partial charge in [-0.05, 0) is 30.5 Å². The monoisotopic (exact) mass is 282 g/mol. The van der Waals surface area contributed by atoms with E-state index >= 15 is 0 Å². The Morgan fingerprint density at radius 2 is 2.16 bits per heavy atom. The molecule has 1 atom stereocenters. The van der Waals surface area contributed by atoms with Crippen LogP contribution in [-0.4, -0.2) is 30.0 Å². The zero-order chi connectivity index (χ0) is 13.8. The molecule has 5 heteroatoms. The van der Waals surface area contributed by atoms with Crippen LogP contribution < -0.4 is 10.6 Å². The van der Waals surface area contributed by atoms with Gasteiger partial charge in [0.2, 0.25) is 5.91 Å². The predicted octanol–water partition coefficient (Wildman–Crippen LogP) is 1.76. The summed E-state index contributed by atoms with van der Waals surface area (Å²) in [5, 5.41) is 6.10. The van der Waals surface area contributed by atoms with Crippen LogP contribution in [0.1, 0.15) is 16.7 Å². The standard InChI is InChI=1S/C14H19FN2OS/c1-9-5-11(6-10(2)13(9)15)7-17-14(18)12-8-19-4-3-16-12/h5-6,12,16H,3-4,7-8H2,1-2H3,(H,17,18). The van der Waals surface area contributed by atoms with E-state index in [1.165, 1.54) is 0 Å². The third-order valence-electron chi connectivity index (χ3n) is 3.20. The number of hydrogen-bond donors (Lipinski definition) is 2. The van der Waals surface area contributed by atoms with Gasteiger partial charge in [-0.2, -0.15) is 11.8 Å². The molecule has 1 aliphatic rings. The molecular weight excluding hydrogens is 263 g/mol. The molecule has 1 amide bonds. The molecule has 0 aromatic heterocycles. The van der Waals surface area contributed by atoms with E-state index < -0.39 is 0 Å². The van der Waals surface area contributed by atoms with E-state index in [0.717, 1.165) is 23.6 Å². The fourth-order valence-electron chi connectivity index (χ4n) is 2.18. The van der Waals surface area contributed by atoms with Crippen molar-refractivity contribution in [3.8, 4) is 0 Å². The summed E-state index contributed by atoms with van der Waals surface area (Å²) >= 11 is 1.79. The maximum Gasteiger partial charge on any atom is 0.238 e. The molecule has 0 spiro atoms. The first-order valence-corrected chi connectivity index (χ1v) is 7.58. The van der Waals surface area contributed by atoms with Gasteiger partial charge in [-0.25, -0.2) is 4.39 Å². The van der Waals surface area contributed by atoms with Crippen molar-refractivity contribution in [2.24, 2.45) is 0 Å². The van der Waals surface area contributed by atoms with E-state index in [9.17, 15) is 9.18 Å². The number of hydrogen-bond acceptors (Lipinski definition) is 3. The normalized spacial score (nSPS) is 19.2. The molecule has 1 unspecified atom stereocenters. The Labute approximate surface area is 117 Å². The van der Waals surface area contributed by atoms with Gasteiger partial charge in [-0.15, -0.1) is 0 Å². The van der Waals surface area contributed by atoms with Crippen molar-refractivity contribution in [1.29, 1.82) is 0 Å². The summed E-state index contributed by atoms with van der Waals surface area (Å²) in [6.45, 7) is 4.81. The van der Waals surface area contributed by atoms with Crippen LogP contribution in [0.25, 0.3) is 0 Å². The average molecular weight is 282 g/mol. The van der Waals surface area contributed by atoms with Gasteiger partial charge in [0.05, 0.1) is 6.04 Å². The molecule has 3 nitrogen and oxygen atoms in total. The van der Waals surface area contributed by atoms with Crippen LogP contribution in [0.5, 0.6) is 0 Å². The summed E-state index contributed by atoms with van der Waals surface area (Å²) in [6.07, 6.45) is 0. The Bertz CT molecular complexity index is 450. The smallest absolute Gasteiger partial charge is 0.238 e. The minimum Gasteiger partial charge on any atom is -0.351 e. The first kappa shape index (κ1) is 14.3. The molecular formula is C14H19FN2OS. The maximum atomic E-state index is 13.5. The summed E-state index contributed by atoms with van der Waals surface area (Å²) in [4.78, 5) is 11.9. The van der Waals surface area contributed by atoms with Crippen LogP contribution in [0.2, 0.25) is 0 Å². The number of nitrogens with one attached hydrogen (secondary N) is 2. The highest BCUT2D eigenvalue weighted by Crippen LogP contribution is 2.14. The van der Waals surface area contributed by atoms with E-state index in [-0.39, 0.29) is 17.8 Å². The molecule has 104 valence electrons. The molecule has 19 heavy (non-hydrogen) atoms. The highest BCUT2D eigenvalue weighted by atomic mass is 32.2. The third kappa shape index (κ3) is 3.70. The van der Waals surface area contributed by atoms with Crippen LogP contribution in [-0.2, 0) is 11.3 Å². The van der Waals surface area contributed by atoms with Gasteiger partial charge >= 0.3 is 0 Å². The molecule has 2 rings (SSSR count). The van der Waals surface area contributed by atoms with E-state index in [2.05, 4.69) is 10.6 Å². The van der Waals surface area contributed by atoms with Crippen molar-refractivity contribution in [2.75, 3.05) is 18.1 Å². The summed E-state index contributed by atoms with van der Waals surface area (Å²) in [7, 11) is 0. The maximum absolute atomic E-state index is 13.5. The minimum absolute atomic E-state index is 0.0202. The Balaban J connectivity index is 1.93. The molecule has 1 aromatic rings. The van der Waals surface area contributed by atoms with Crippen molar-refractivity contribution in [1.82, 2.24) is 10.6 Å². The topological polar surface area (TPSA) is 41.1 Å². The molecule has 1 aliphatic heterocycles. The molecule has 1 heterocycles. The van der Waals surface area contributed by atoms with Crippen molar-refractivity contribution in [2.45, 2.75) is 26.4 Å². The van der Waals surface area contributed by atoms with Crippen LogP contribution in [0.3, 0.4) is 0 Å². The number of amides is 1. The fourth-order valence-corrected chi connectivity index (χ4v) is 3.12. The Morgan fingerprint density at radius 1 is 1.47 bits per heavy atom.